The van der Waals surface area contributed by atoms with Gasteiger partial charge in [0.15, 0.2) is 0 Å². The van der Waals surface area contributed by atoms with Crippen molar-refractivity contribution in [2.75, 3.05) is 0 Å². The zero-order valence-electron chi connectivity index (χ0n) is 13.6. The minimum atomic E-state index is -0.00534. The summed E-state index contributed by atoms with van der Waals surface area (Å²) in [5.74, 6) is 0.716. The second-order valence-electron chi connectivity index (χ2n) is 6.22. The standard InChI is InChI=1S/C18H25N3O/c1-14(2)5-4-6-15(3)20-18(22)16-7-9-17(10-8-16)21-12-11-19-13-21/h7-15H,4-6H2,1-3H3,(H,20,22). The van der Waals surface area contributed by atoms with E-state index < -0.39 is 0 Å². The van der Waals surface area contributed by atoms with Gasteiger partial charge < -0.3 is 9.88 Å². The van der Waals surface area contributed by atoms with E-state index >= 15 is 0 Å². The lowest BCUT2D eigenvalue weighted by atomic mass is 10.0. The van der Waals surface area contributed by atoms with Gasteiger partial charge in [0.05, 0.1) is 6.33 Å². The smallest absolute Gasteiger partial charge is 0.251 e. The second-order valence-corrected chi connectivity index (χ2v) is 6.22. The Balaban J connectivity index is 1.87. The lowest BCUT2D eigenvalue weighted by Gasteiger charge is -2.14. The summed E-state index contributed by atoms with van der Waals surface area (Å²) in [5.41, 5.74) is 1.69. The van der Waals surface area contributed by atoms with Gasteiger partial charge in [0, 0.05) is 29.7 Å². The third-order valence-corrected chi connectivity index (χ3v) is 3.73. The number of benzene rings is 1. The summed E-state index contributed by atoms with van der Waals surface area (Å²) >= 11 is 0. The van der Waals surface area contributed by atoms with Crippen LogP contribution >= 0.6 is 0 Å². The highest BCUT2D eigenvalue weighted by atomic mass is 16.1. The predicted molar refractivity (Wildman–Crippen MR) is 89.2 cm³/mol. The highest BCUT2D eigenvalue weighted by Gasteiger charge is 2.10. The van der Waals surface area contributed by atoms with Gasteiger partial charge in [-0.15, -0.1) is 0 Å². The largest absolute Gasteiger partial charge is 0.350 e. The molecule has 0 aliphatic carbocycles. The molecule has 1 heterocycles. The van der Waals surface area contributed by atoms with Crippen molar-refractivity contribution in [2.45, 2.75) is 46.1 Å². The molecule has 0 fully saturated rings. The summed E-state index contributed by atoms with van der Waals surface area (Å²) in [6, 6.07) is 7.77. The molecule has 1 aromatic carbocycles. The summed E-state index contributed by atoms with van der Waals surface area (Å²) < 4.78 is 1.91. The van der Waals surface area contributed by atoms with Crippen molar-refractivity contribution in [3.8, 4) is 5.69 Å². The zero-order valence-corrected chi connectivity index (χ0v) is 13.6. The number of rotatable bonds is 7. The van der Waals surface area contributed by atoms with Gasteiger partial charge in [0.1, 0.15) is 0 Å². The van der Waals surface area contributed by atoms with Crippen LogP contribution in [0.15, 0.2) is 43.0 Å². The monoisotopic (exact) mass is 299 g/mol. The Morgan fingerprint density at radius 3 is 2.50 bits per heavy atom. The quantitative estimate of drug-likeness (QED) is 0.845. The summed E-state index contributed by atoms with van der Waals surface area (Å²) in [7, 11) is 0. The van der Waals surface area contributed by atoms with Crippen LogP contribution < -0.4 is 5.32 Å². The molecule has 1 aromatic heterocycles. The Kier molecular flexibility index (Phi) is 5.75. The van der Waals surface area contributed by atoms with Crippen LogP contribution in [0.1, 0.15) is 50.4 Å². The first-order valence-corrected chi connectivity index (χ1v) is 7.95. The first kappa shape index (κ1) is 16.3. The molecule has 1 N–H and O–H groups in total. The first-order chi connectivity index (χ1) is 10.6. The van der Waals surface area contributed by atoms with Crippen molar-refractivity contribution in [1.82, 2.24) is 14.9 Å². The number of hydrogen-bond donors (Lipinski definition) is 1. The highest BCUT2D eigenvalue weighted by Crippen LogP contribution is 2.11. The minimum Gasteiger partial charge on any atom is -0.350 e. The number of nitrogens with zero attached hydrogens (tertiary/aromatic N) is 2. The molecule has 2 aromatic rings. The molecule has 0 aliphatic heterocycles. The fourth-order valence-corrected chi connectivity index (χ4v) is 2.41. The number of carbonyl (C=O) groups excluding carboxylic acids is 1. The third-order valence-electron chi connectivity index (χ3n) is 3.73. The van der Waals surface area contributed by atoms with E-state index in [-0.39, 0.29) is 11.9 Å². The maximum atomic E-state index is 12.2. The molecule has 0 saturated heterocycles. The average molecular weight is 299 g/mol. The van der Waals surface area contributed by atoms with Crippen molar-refractivity contribution in [2.24, 2.45) is 5.92 Å². The molecule has 1 atom stereocenters. The highest BCUT2D eigenvalue weighted by molar-refractivity contribution is 5.94. The Morgan fingerprint density at radius 1 is 1.18 bits per heavy atom. The van der Waals surface area contributed by atoms with Crippen molar-refractivity contribution < 1.29 is 4.79 Å². The molecular weight excluding hydrogens is 274 g/mol. The van der Waals surface area contributed by atoms with E-state index in [4.69, 9.17) is 0 Å². The van der Waals surface area contributed by atoms with Gasteiger partial charge in [-0.05, 0) is 43.5 Å². The number of aromatic nitrogens is 2. The van der Waals surface area contributed by atoms with Crippen LogP contribution in [0, 0.1) is 5.92 Å². The molecule has 1 unspecified atom stereocenters. The van der Waals surface area contributed by atoms with Crippen molar-refractivity contribution >= 4 is 5.91 Å². The van der Waals surface area contributed by atoms with Gasteiger partial charge in [-0.25, -0.2) is 4.98 Å². The van der Waals surface area contributed by atoms with E-state index in [9.17, 15) is 4.79 Å². The Labute approximate surface area is 132 Å². The lowest BCUT2D eigenvalue weighted by Crippen LogP contribution is -2.32. The molecule has 4 nitrogen and oxygen atoms in total. The molecule has 4 heteroatoms. The van der Waals surface area contributed by atoms with Crippen LogP contribution in [0.5, 0.6) is 0 Å². The number of carbonyl (C=O) groups is 1. The number of hydrogen-bond acceptors (Lipinski definition) is 2. The van der Waals surface area contributed by atoms with Gasteiger partial charge in [-0.3, -0.25) is 4.79 Å². The number of amides is 1. The second kappa shape index (κ2) is 7.78. The first-order valence-electron chi connectivity index (χ1n) is 7.95. The molecule has 0 spiro atoms. The van der Waals surface area contributed by atoms with Gasteiger partial charge in [-0.2, -0.15) is 0 Å². The molecule has 0 radical (unpaired) electrons. The number of nitrogens with one attached hydrogen (secondary N) is 1. The molecule has 0 aliphatic rings. The summed E-state index contributed by atoms with van der Waals surface area (Å²) in [6.07, 6.45) is 8.74. The van der Waals surface area contributed by atoms with Crippen LogP contribution in [0.2, 0.25) is 0 Å². The lowest BCUT2D eigenvalue weighted by molar-refractivity contribution is 0.0938. The Morgan fingerprint density at radius 2 is 1.91 bits per heavy atom. The van der Waals surface area contributed by atoms with Gasteiger partial charge in [-0.1, -0.05) is 26.7 Å². The van der Waals surface area contributed by atoms with Crippen molar-refractivity contribution in [1.29, 1.82) is 0 Å². The summed E-state index contributed by atoms with van der Waals surface area (Å²) in [4.78, 5) is 16.2. The fraction of sp³-hybridized carbons (Fsp3) is 0.444. The predicted octanol–water partition coefficient (Wildman–Crippen LogP) is 3.82. The van der Waals surface area contributed by atoms with Crippen LogP contribution in [-0.2, 0) is 0 Å². The van der Waals surface area contributed by atoms with Crippen LogP contribution in [0.3, 0.4) is 0 Å². The normalized spacial score (nSPS) is 12.4. The van der Waals surface area contributed by atoms with E-state index in [0.29, 0.717) is 5.56 Å². The van der Waals surface area contributed by atoms with E-state index in [2.05, 4.69) is 31.1 Å². The maximum Gasteiger partial charge on any atom is 0.251 e. The summed E-state index contributed by atoms with van der Waals surface area (Å²) in [6.45, 7) is 6.52. The fourth-order valence-electron chi connectivity index (χ4n) is 2.41. The molecular formula is C18H25N3O. The van der Waals surface area contributed by atoms with Crippen LogP contribution in [0.4, 0.5) is 0 Å². The topological polar surface area (TPSA) is 46.9 Å². The maximum absolute atomic E-state index is 12.2. The average Bonchev–Trinajstić information content (AvgIpc) is 3.01. The van der Waals surface area contributed by atoms with Gasteiger partial charge >= 0.3 is 0 Å². The Hall–Kier alpha value is -2.10. The minimum absolute atomic E-state index is 0.00534. The number of imidazole rings is 1. The van der Waals surface area contributed by atoms with Crippen molar-refractivity contribution in [3.63, 3.8) is 0 Å². The molecule has 1 amide bonds. The van der Waals surface area contributed by atoms with Crippen LogP contribution in [0.25, 0.3) is 5.69 Å². The zero-order chi connectivity index (χ0) is 15.9. The van der Waals surface area contributed by atoms with E-state index in [1.54, 1.807) is 12.5 Å². The Bertz CT molecular complexity index is 573. The molecule has 0 bridgehead atoms. The molecule has 118 valence electrons. The van der Waals surface area contributed by atoms with Crippen LogP contribution in [-0.4, -0.2) is 21.5 Å². The summed E-state index contributed by atoms with van der Waals surface area (Å²) in [5, 5.41) is 3.07. The van der Waals surface area contributed by atoms with Crippen molar-refractivity contribution in [3.05, 3.63) is 48.5 Å². The SMILES string of the molecule is CC(C)CCCC(C)NC(=O)c1ccc(-n2ccnc2)cc1. The van der Waals surface area contributed by atoms with E-state index in [0.717, 1.165) is 24.4 Å². The molecule has 22 heavy (non-hydrogen) atoms. The van der Waals surface area contributed by atoms with E-state index in [1.165, 1.54) is 6.42 Å². The van der Waals surface area contributed by atoms with E-state index in [1.807, 2.05) is 35.0 Å². The van der Waals surface area contributed by atoms with Gasteiger partial charge in [0.25, 0.3) is 5.91 Å². The third kappa shape index (κ3) is 4.72. The molecule has 0 saturated carbocycles. The molecule has 2 rings (SSSR count). The van der Waals surface area contributed by atoms with Gasteiger partial charge in [0.2, 0.25) is 0 Å².